The van der Waals surface area contributed by atoms with Gasteiger partial charge in [-0.05, 0) is 84.9 Å². The zero-order valence-electron chi connectivity index (χ0n) is 18.9. The summed E-state index contributed by atoms with van der Waals surface area (Å²) in [6.45, 7) is 21.1. The first-order valence-electron chi connectivity index (χ1n) is 10.6. The molecule has 0 amide bonds. The van der Waals surface area contributed by atoms with Crippen molar-refractivity contribution in [3.63, 3.8) is 0 Å². The van der Waals surface area contributed by atoms with Crippen LogP contribution in [0.1, 0.15) is 37.5 Å². The van der Waals surface area contributed by atoms with Crippen LogP contribution in [0, 0.1) is 6.92 Å². The maximum atomic E-state index is 4.64. The van der Waals surface area contributed by atoms with Gasteiger partial charge < -0.3 is 4.90 Å². The summed E-state index contributed by atoms with van der Waals surface area (Å²) in [5.41, 5.74) is 8.97. The van der Waals surface area contributed by atoms with Crippen LogP contribution in [0.4, 0.5) is 17.1 Å². The maximum Gasteiger partial charge on any atom is 0.0660 e. The second-order valence-corrected chi connectivity index (χ2v) is 7.32. The summed E-state index contributed by atoms with van der Waals surface area (Å²) < 4.78 is 0. The molecule has 2 nitrogen and oxygen atoms in total. The van der Waals surface area contributed by atoms with Crippen LogP contribution in [-0.2, 0) is 12.8 Å². The summed E-state index contributed by atoms with van der Waals surface area (Å²) in [6.07, 6.45) is 9.59. The first-order chi connectivity index (χ1) is 14.5. The Morgan fingerprint density at radius 1 is 1.00 bits per heavy atom. The molecule has 0 radical (unpaired) electrons. The third-order valence-electron chi connectivity index (χ3n) is 5.23. The van der Waals surface area contributed by atoms with Crippen molar-refractivity contribution in [3.8, 4) is 0 Å². The van der Waals surface area contributed by atoms with E-state index in [0.717, 1.165) is 47.5 Å². The van der Waals surface area contributed by atoms with E-state index >= 15 is 0 Å². The van der Waals surface area contributed by atoms with Gasteiger partial charge >= 0.3 is 0 Å². The number of allylic oxidation sites excluding steroid dienone is 4. The highest BCUT2D eigenvalue weighted by Crippen LogP contribution is 2.31. The van der Waals surface area contributed by atoms with E-state index in [0.29, 0.717) is 0 Å². The highest BCUT2D eigenvalue weighted by Gasteiger charge is 2.11. The van der Waals surface area contributed by atoms with Gasteiger partial charge in [0.1, 0.15) is 0 Å². The van der Waals surface area contributed by atoms with Gasteiger partial charge in [0.2, 0.25) is 0 Å². The Morgan fingerprint density at radius 3 is 2.17 bits per heavy atom. The first-order valence-corrected chi connectivity index (χ1v) is 10.6. The van der Waals surface area contributed by atoms with Gasteiger partial charge in [-0.2, -0.15) is 0 Å². The van der Waals surface area contributed by atoms with Gasteiger partial charge in [-0.15, -0.1) is 6.58 Å². The Balaban J connectivity index is 2.39. The van der Waals surface area contributed by atoms with Gasteiger partial charge in [-0.3, -0.25) is 4.99 Å². The second-order valence-electron chi connectivity index (χ2n) is 7.32. The van der Waals surface area contributed by atoms with Crippen molar-refractivity contribution in [3.05, 3.63) is 102 Å². The van der Waals surface area contributed by atoms with E-state index in [2.05, 4.69) is 86.8 Å². The van der Waals surface area contributed by atoms with Crippen LogP contribution >= 0.6 is 0 Å². The summed E-state index contributed by atoms with van der Waals surface area (Å²) in [7, 11) is 0. The molecular weight excluding hydrogens is 364 g/mol. The number of rotatable bonds is 10. The van der Waals surface area contributed by atoms with Gasteiger partial charge in [0.15, 0.2) is 0 Å². The van der Waals surface area contributed by atoms with Crippen LogP contribution in [0.3, 0.4) is 0 Å². The molecule has 2 heteroatoms. The van der Waals surface area contributed by atoms with Crippen LogP contribution in [0.25, 0.3) is 0 Å². The van der Waals surface area contributed by atoms with Gasteiger partial charge in [0.25, 0.3) is 0 Å². The standard InChI is InChI=1S/C28H34N2/c1-8-15-30(27-18-23(9-2)17-24(10-3)19-27)26-13-14-28(21(6)16-26)29-20-22(7)25(11-4)12-5/h8,11-14,16-20H,1,4,7,9-10,15H2,2-3,5-6H3/b25-12+,29-20-. The number of nitrogens with zero attached hydrogens (tertiary/aromatic N) is 2. The molecule has 2 aromatic rings. The van der Waals surface area contributed by atoms with Gasteiger partial charge in [-0.1, -0.05) is 51.3 Å². The van der Waals surface area contributed by atoms with Crippen molar-refractivity contribution in [2.75, 3.05) is 11.4 Å². The van der Waals surface area contributed by atoms with Crippen LogP contribution in [0.5, 0.6) is 0 Å². The van der Waals surface area contributed by atoms with E-state index < -0.39 is 0 Å². The molecule has 0 N–H and O–H groups in total. The number of benzene rings is 2. The second kappa shape index (κ2) is 11.2. The number of aliphatic imine (C=N–C) groups is 1. The van der Waals surface area contributed by atoms with Gasteiger partial charge in [-0.25, -0.2) is 0 Å². The fourth-order valence-electron chi connectivity index (χ4n) is 3.40. The zero-order chi connectivity index (χ0) is 22.1. The van der Waals surface area contributed by atoms with E-state index in [-0.39, 0.29) is 0 Å². The van der Waals surface area contributed by atoms with Crippen molar-refractivity contribution in [2.45, 2.75) is 40.5 Å². The number of hydrogen-bond acceptors (Lipinski definition) is 2. The van der Waals surface area contributed by atoms with Gasteiger partial charge in [0.05, 0.1) is 5.69 Å². The largest absolute Gasteiger partial charge is 0.338 e. The molecule has 156 valence electrons. The van der Waals surface area contributed by atoms with Crippen LogP contribution in [-0.4, -0.2) is 12.8 Å². The average molecular weight is 399 g/mol. The molecule has 0 saturated carbocycles. The van der Waals surface area contributed by atoms with Gasteiger partial charge in [0, 0.05) is 24.1 Å². The van der Waals surface area contributed by atoms with Crippen molar-refractivity contribution in [1.82, 2.24) is 0 Å². The summed E-state index contributed by atoms with van der Waals surface area (Å²) in [5, 5.41) is 0. The molecule has 0 fully saturated rings. The molecule has 0 aliphatic carbocycles. The zero-order valence-corrected chi connectivity index (χ0v) is 18.9. The van der Waals surface area contributed by atoms with Crippen molar-refractivity contribution in [2.24, 2.45) is 4.99 Å². The molecule has 0 spiro atoms. The molecule has 0 aliphatic heterocycles. The quantitative estimate of drug-likeness (QED) is 0.226. The Bertz CT molecular complexity index is 954. The van der Waals surface area contributed by atoms with Crippen molar-refractivity contribution < 1.29 is 0 Å². The minimum absolute atomic E-state index is 0.749. The molecule has 0 unspecified atom stereocenters. The molecule has 2 aromatic carbocycles. The van der Waals surface area contributed by atoms with E-state index in [1.165, 1.54) is 16.8 Å². The predicted molar refractivity (Wildman–Crippen MR) is 135 cm³/mol. The Hall–Kier alpha value is -3.13. The van der Waals surface area contributed by atoms with Crippen LogP contribution < -0.4 is 4.90 Å². The smallest absolute Gasteiger partial charge is 0.0660 e. The van der Waals surface area contributed by atoms with E-state index in [9.17, 15) is 0 Å². The fraction of sp³-hybridized carbons (Fsp3) is 0.250. The number of hydrogen-bond donors (Lipinski definition) is 0. The minimum Gasteiger partial charge on any atom is -0.338 e. The lowest BCUT2D eigenvalue weighted by Gasteiger charge is -2.25. The van der Waals surface area contributed by atoms with Crippen LogP contribution in [0.2, 0.25) is 0 Å². The summed E-state index contributed by atoms with van der Waals surface area (Å²) in [6, 6.07) is 13.2. The van der Waals surface area contributed by atoms with Crippen molar-refractivity contribution in [1.29, 1.82) is 0 Å². The maximum absolute atomic E-state index is 4.64. The molecule has 0 saturated heterocycles. The SMILES string of the molecule is C=CCN(c1cc(CC)cc(CC)c1)c1ccc(/N=C\C(=C)/C(C=C)=C/C)c(C)c1. The fourth-order valence-corrected chi connectivity index (χ4v) is 3.40. The molecule has 0 bridgehead atoms. The Kier molecular flexibility index (Phi) is 8.61. The molecule has 0 heterocycles. The van der Waals surface area contributed by atoms with Crippen LogP contribution in [0.15, 0.2) is 90.5 Å². The third-order valence-corrected chi connectivity index (χ3v) is 5.23. The third kappa shape index (κ3) is 5.70. The topological polar surface area (TPSA) is 15.6 Å². The Labute approximate surface area is 182 Å². The number of aryl methyl sites for hydroxylation is 3. The van der Waals surface area contributed by atoms with E-state index in [1.54, 1.807) is 12.3 Å². The molecular formula is C28H34N2. The lowest BCUT2D eigenvalue weighted by Crippen LogP contribution is -2.17. The molecule has 0 atom stereocenters. The highest BCUT2D eigenvalue weighted by atomic mass is 15.1. The highest BCUT2D eigenvalue weighted by molar-refractivity contribution is 5.87. The minimum atomic E-state index is 0.749. The lowest BCUT2D eigenvalue weighted by atomic mass is 10.0. The summed E-state index contributed by atoms with van der Waals surface area (Å²) >= 11 is 0. The monoisotopic (exact) mass is 398 g/mol. The predicted octanol–water partition coefficient (Wildman–Crippen LogP) is 7.83. The van der Waals surface area contributed by atoms with E-state index in [4.69, 9.17) is 0 Å². The summed E-state index contributed by atoms with van der Waals surface area (Å²) in [4.78, 5) is 6.95. The molecule has 0 aromatic heterocycles. The molecule has 0 aliphatic rings. The lowest BCUT2D eigenvalue weighted by molar-refractivity contribution is 1.05. The molecule has 2 rings (SSSR count). The molecule has 30 heavy (non-hydrogen) atoms. The first kappa shape index (κ1) is 23.2. The van der Waals surface area contributed by atoms with Crippen molar-refractivity contribution >= 4 is 23.3 Å². The summed E-state index contributed by atoms with van der Waals surface area (Å²) in [5.74, 6) is 0. The average Bonchev–Trinajstić information content (AvgIpc) is 2.77. The Morgan fingerprint density at radius 2 is 1.67 bits per heavy atom. The number of anilines is 2. The van der Waals surface area contributed by atoms with E-state index in [1.807, 2.05) is 19.1 Å². The normalized spacial score (nSPS) is 11.5.